The van der Waals surface area contributed by atoms with Crippen molar-refractivity contribution in [3.63, 3.8) is 0 Å². The molecule has 6 nitrogen and oxygen atoms in total. The average Bonchev–Trinajstić information content (AvgIpc) is 3.03. The van der Waals surface area contributed by atoms with E-state index in [0.717, 1.165) is 57.8 Å². The minimum atomic E-state index is -4.35. The van der Waals surface area contributed by atoms with Crippen LogP contribution in [-0.2, 0) is 14.9 Å². The zero-order valence-corrected chi connectivity index (χ0v) is 31.2. The van der Waals surface area contributed by atoms with E-state index in [1.807, 2.05) is 6.08 Å². The van der Waals surface area contributed by atoms with Crippen molar-refractivity contribution in [3.8, 4) is 0 Å². The molecule has 0 saturated carbocycles. The van der Waals surface area contributed by atoms with Gasteiger partial charge in [0.05, 0.1) is 17.9 Å². The maximum atomic E-state index is 12.4. The Balaban J connectivity index is 3.97. The van der Waals surface area contributed by atoms with Crippen molar-refractivity contribution in [2.75, 3.05) is 5.75 Å². The summed E-state index contributed by atoms with van der Waals surface area (Å²) < 4.78 is 32.4. The zero-order valence-electron chi connectivity index (χ0n) is 30.4. The van der Waals surface area contributed by atoms with E-state index < -0.39 is 28.0 Å². The number of allylic oxidation sites excluding steroid dienone is 7. The molecule has 0 fully saturated rings. The van der Waals surface area contributed by atoms with E-state index in [1.165, 1.54) is 96.3 Å². The van der Waals surface area contributed by atoms with Crippen molar-refractivity contribution in [1.82, 2.24) is 5.32 Å². The minimum absolute atomic E-state index is 0.259. The Morgan fingerprint density at radius 3 is 1.51 bits per heavy atom. The molecule has 0 rings (SSSR count). The zero-order chi connectivity index (χ0) is 34.7. The maximum absolute atomic E-state index is 12.4. The predicted molar refractivity (Wildman–Crippen MR) is 202 cm³/mol. The molecule has 2 unspecified atom stereocenters. The summed E-state index contributed by atoms with van der Waals surface area (Å²) in [6.07, 6.45) is 45.3. The molecule has 2 atom stereocenters. The van der Waals surface area contributed by atoms with Gasteiger partial charge < -0.3 is 10.4 Å². The van der Waals surface area contributed by atoms with Crippen molar-refractivity contribution in [3.05, 3.63) is 48.6 Å². The number of hydrogen-bond donors (Lipinski definition) is 3. The van der Waals surface area contributed by atoms with Gasteiger partial charge in [-0.1, -0.05) is 172 Å². The third-order valence-corrected chi connectivity index (χ3v) is 9.29. The molecule has 3 N–H and O–H groups in total. The second-order valence-corrected chi connectivity index (χ2v) is 14.7. The lowest BCUT2D eigenvalue weighted by molar-refractivity contribution is -0.122. The Bertz CT molecular complexity index is 925. The van der Waals surface area contributed by atoms with E-state index in [4.69, 9.17) is 0 Å². The van der Waals surface area contributed by atoms with Crippen LogP contribution in [0.2, 0.25) is 0 Å². The van der Waals surface area contributed by atoms with Gasteiger partial charge in [-0.25, -0.2) is 0 Å². The molecule has 0 heterocycles. The van der Waals surface area contributed by atoms with E-state index in [-0.39, 0.29) is 12.3 Å². The number of nitrogens with one attached hydrogen (secondary N) is 1. The van der Waals surface area contributed by atoms with Gasteiger partial charge in [0.15, 0.2) is 0 Å². The maximum Gasteiger partial charge on any atom is 0.267 e. The highest BCUT2D eigenvalue weighted by atomic mass is 32.2. The number of aliphatic hydroxyl groups excluding tert-OH is 1. The standard InChI is InChI=1S/C40H73NO5S/c1-3-5-7-9-11-13-15-17-18-19-20-21-22-24-25-27-29-31-33-35-39(42)38(37-47(44,45)46)41-40(43)36-34-32-30-28-26-23-16-14-12-10-8-6-4-2/h6,8,12,14,23,26,33,35,38-39,42H,3-5,7,9-11,13,15-22,24-25,27-32,34,36-37H2,1-2H3,(H,41,43)(H,44,45,46)/b8-6-,14-12-,26-23-,35-33+. The number of hydrogen-bond acceptors (Lipinski definition) is 4. The van der Waals surface area contributed by atoms with Gasteiger partial charge in [-0.2, -0.15) is 8.42 Å². The van der Waals surface area contributed by atoms with Gasteiger partial charge in [0.1, 0.15) is 0 Å². The molecular formula is C40H73NO5S. The van der Waals surface area contributed by atoms with Crippen LogP contribution < -0.4 is 5.32 Å². The quantitative estimate of drug-likeness (QED) is 0.0357. The molecule has 47 heavy (non-hydrogen) atoms. The average molecular weight is 680 g/mol. The summed E-state index contributed by atoms with van der Waals surface area (Å²) in [5.41, 5.74) is 0. The Morgan fingerprint density at radius 2 is 1.02 bits per heavy atom. The summed E-state index contributed by atoms with van der Waals surface area (Å²) in [5.74, 6) is -1.02. The van der Waals surface area contributed by atoms with Crippen molar-refractivity contribution in [2.24, 2.45) is 0 Å². The van der Waals surface area contributed by atoms with Crippen LogP contribution in [0.4, 0.5) is 0 Å². The number of carbonyl (C=O) groups is 1. The molecule has 7 heteroatoms. The van der Waals surface area contributed by atoms with Crippen LogP contribution in [0.25, 0.3) is 0 Å². The van der Waals surface area contributed by atoms with Gasteiger partial charge >= 0.3 is 0 Å². The first-order valence-corrected chi connectivity index (χ1v) is 20.9. The van der Waals surface area contributed by atoms with Crippen LogP contribution in [0.5, 0.6) is 0 Å². The summed E-state index contributed by atoms with van der Waals surface area (Å²) in [7, 11) is -4.35. The molecule has 0 radical (unpaired) electrons. The van der Waals surface area contributed by atoms with E-state index >= 15 is 0 Å². The summed E-state index contributed by atoms with van der Waals surface area (Å²) in [4.78, 5) is 12.4. The number of aliphatic hydroxyl groups is 1. The molecule has 0 aliphatic heterocycles. The highest BCUT2D eigenvalue weighted by molar-refractivity contribution is 7.85. The van der Waals surface area contributed by atoms with Gasteiger partial charge in [-0.3, -0.25) is 9.35 Å². The van der Waals surface area contributed by atoms with E-state index in [1.54, 1.807) is 6.08 Å². The first-order chi connectivity index (χ1) is 22.8. The minimum Gasteiger partial charge on any atom is -0.387 e. The fraction of sp³-hybridized carbons (Fsp3) is 0.775. The van der Waals surface area contributed by atoms with Crippen molar-refractivity contribution in [2.45, 2.75) is 193 Å². The molecule has 0 bridgehead atoms. The molecule has 0 spiro atoms. The Morgan fingerprint density at radius 1 is 0.596 bits per heavy atom. The van der Waals surface area contributed by atoms with Crippen molar-refractivity contribution < 1.29 is 22.9 Å². The lowest BCUT2D eigenvalue weighted by Crippen LogP contribution is -2.46. The number of carbonyl (C=O) groups excluding carboxylic acids is 1. The van der Waals surface area contributed by atoms with Gasteiger partial charge in [0, 0.05) is 6.42 Å². The van der Waals surface area contributed by atoms with Gasteiger partial charge in [-0.15, -0.1) is 0 Å². The molecule has 0 saturated heterocycles. The summed E-state index contributed by atoms with van der Waals surface area (Å²) in [5, 5.41) is 13.2. The van der Waals surface area contributed by atoms with Gasteiger partial charge in [-0.05, 0) is 51.4 Å². The van der Waals surface area contributed by atoms with Crippen molar-refractivity contribution >= 4 is 16.0 Å². The predicted octanol–water partition coefficient (Wildman–Crippen LogP) is 11.1. The van der Waals surface area contributed by atoms with Crippen LogP contribution in [0.3, 0.4) is 0 Å². The molecular weight excluding hydrogens is 607 g/mol. The third-order valence-electron chi connectivity index (χ3n) is 8.51. The van der Waals surface area contributed by atoms with Crippen LogP contribution in [0, 0.1) is 0 Å². The summed E-state index contributed by atoms with van der Waals surface area (Å²) in [6, 6.07) is -1.07. The SMILES string of the molecule is CC/C=C\C/C=C\C/C=C\CCCCCC(=O)NC(CS(=O)(=O)O)C(O)/C=C/CCCCCCCCCCCCCCCCCCC. The Kier molecular flexibility index (Phi) is 32.9. The van der Waals surface area contributed by atoms with Crippen LogP contribution in [-0.4, -0.2) is 41.9 Å². The molecule has 274 valence electrons. The highest BCUT2D eigenvalue weighted by Crippen LogP contribution is 2.15. The molecule has 0 aromatic carbocycles. The summed E-state index contributed by atoms with van der Waals surface area (Å²) in [6.45, 7) is 4.40. The van der Waals surface area contributed by atoms with E-state index in [0.29, 0.717) is 6.42 Å². The lowest BCUT2D eigenvalue weighted by Gasteiger charge is -2.21. The highest BCUT2D eigenvalue weighted by Gasteiger charge is 2.24. The fourth-order valence-electron chi connectivity index (χ4n) is 5.64. The first kappa shape index (κ1) is 45.3. The fourth-order valence-corrected chi connectivity index (χ4v) is 6.37. The van der Waals surface area contributed by atoms with Gasteiger partial charge in [0.25, 0.3) is 10.1 Å². The smallest absolute Gasteiger partial charge is 0.267 e. The lowest BCUT2D eigenvalue weighted by atomic mass is 10.0. The monoisotopic (exact) mass is 680 g/mol. The molecule has 0 aliphatic rings. The normalized spacial score (nSPS) is 13.9. The van der Waals surface area contributed by atoms with Crippen molar-refractivity contribution in [1.29, 1.82) is 0 Å². The van der Waals surface area contributed by atoms with E-state index in [9.17, 15) is 22.9 Å². The Labute approximate surface area is 290 Å². The molecule has 1 amide bonds. The number of rotatable bonds is 34. The molecule has 0 aromatic heterocycles. The third kappa shape index (κ3) is 35.4. The molecule has 0 aromatic rings. The summed E-state index contributed by atoms with van der Waals surface area (Å²) >= 11 is 0. The second kappa shape index (κ2) is 34.2. The van der Waals surface area contributed by atoms with Crippen LogP contribution >= 0.6 is 0 Å². The first-order valence-electron chi connectivity index (χ1n) is 19.3. The van der Waals surface area contributed by atoms with E-state index in [2.05, 4.69) is 55.6 Å². The number of unbranched alkanes of at least 4 members (excludes halogenated alkanes) is 20. The number of amides is 1. The topological polar surface area (TPSA) is 104 Å². The largest absolute Gasteiger partial charge is 0.387 e. The van der Waals surface area contributed by atoms with Gasteiger partial charge in [0.2, 0.25) is 5.91 Å². The molecule has 0 aliphatic carbocycles. The van der Waals surface area contributed by atoms with Crippen LogP contribution in [0.15, 0.2) is 48.6 Å². The Hall–Kier alpha value is -1.70. The van der Waals surface area contributed by atoms with Crippen LogP contribution in [0.1, 0.15) is 181 Å². The second-order valence-electron chi connectivity index (χ2n) is 13.2.